The molecule has 21 heavy (non-hydrogen) atoms. The van der Waals surface area contributed by atoms with E-state index in [0.717, 1.165) is 16.9 Å². The molecule has 0 aliphatic heterocycles. The van der Waals surface area contributed by atoms with Crippen LogP contribution in [0.25, 0.3) is 0 Å². The van der Waals surface area contributed by atoms with Gasteiger partial charge in [-0.1, -0.05) is 24.3 Å². The van der Waals surface area contributed by atoms with Crippen molar-refractivity contribution < 1.29 is 9.66 Å². The Balaban J connectivity index is 2.16. The molecule has 0 bridgehead atoms. The number of rotatable bonds is 6. The molecule has 0 unspecified atom stereocenters. The fourth-order valence-electron chi connectivity index (χ4n) is 2.04. The average molecular weight is 286 g/mol. The molecule has 0 heterocycles. The third-order valence-corrected chi connectivity index (χ3v) is 3.11. The molecule has 2 aromatic rings. The van der Waals surface area contributed by atoms with Crippen molar-refractivity contribution in [1.29, 1.82) is 0 Å². The number of ether oxygens (including phenoxy) is 1. The minimum absolute atomic E-state index is 0.0720. The molecule has 0 aromatic heterocycles. The molecule has 1 N–H and O–H groups in total. The second-order valence-corrected chi connectivity index (χ2v) is 4.69. The third kappa shape index (κ3) is 3.72. The number of hydrogen-bond acceptors (Lipinski definition) is 4. The Morgan fingerprint density at radius 3 is 2.67 bits per heavy atom. The van der Waals surface area contributed by atoms with Crippen molar-refractivity contribution in [1.82, 2.24) is 0 Å². The molecule has 0 amide bonds. The minimum Gasteiger partial charge on any atom is -0.489 e. The van der Waals surface area contributed by atoms with E-state index in [1.165, 1.54) is 0 Å². The number of nitrogens with one attached hydrogen (secondary N) is 1. The van der Waals surface area contributed by atoms with Gasteiger partial charge in [-0.3, -0.25) is 10.1 Å². The third-order valence-electron chi connectivity index (χ3n) is 3.11. The summed E-state index contributed by atoms with van der Waals surface area (Å²) in [6, 6.07) is 12.8. The molecular weight excluding hydrogens is 268 g/mol. The quantitative estimate of drug-likeness (QED) is 0.646. The van der Waals surface area contributed by atoms with E-state index in [4.69, 9.17) is 4.74 Å². The highest BCUT2D eigenvalue weighted by Crippen LogP contribution is 2.26. The van der Waals surface area contributed by atoms with Crippen LogP contribution >= 0.6 is 0 Å². The van der Waals surface area contributed by atoms with Gasteiger partial charge in [0.1, 0.15) is 18.0 Å². The second-order valence-electron chi connectivity index (χ2n) is 4.69. The summed E-state index contributed by atoms with van der Waals surface area (Å²) in [6.07, 6.45) is 0. The maximum atomic E-state index is 11.1. The standard InChI is InChI=1S/C16H18N2O3/c1-3-17-14-9-8-13(10-15(14)18(19)20)11-21-16-7-5-4-6-12(16)2/h4-10,17H,3,11H2,1-2H3. The van der Waals surface area contributed by atoms with E-state index in [9.17, 15) is 10.1 Å². The highest BCUT2D eigenvalue weighted by atomic mass is 16.6. The normalized spacial score (nSPS) is 10.2. The molecule has 0 aliphatic rings. The predicted molar refractivity (Wildman–Crippen MR) is 82.8 cm³/mol. The summed E-state index contributed by atoms with van der Waals surface area (Å²) in [5, 5.41) is 14.1. The number of nitro benzene ring substituents is 1. The summed E-state index contributed by atoms with van der Waals surface area (Å²) in [5.74, 6) is 0.788. The van der Waals surface area contributed by atoms with E-state index in [1.54, 1.807) is 12.1 Å². The smallest absolute Gasteiger partial charge is 0.292 e. The van der Waals surface area contributed by atoms with Crippen molar-refractivity contribution in [2.75, 3.05) is 11.9 Å². The first-order chi connectivity index (χ1) is 10.1. The minimum atomic E-state index is -0.380. The molecule has 0 spiro atoms. The summed E-state index contributed by atoms with van der Waals surface area (Å²) in [7, 11) is 0. The van der Waals surface area contributed by atoms with Gasteiger partial charge in [0.2, 0.25) is 0 Å². The van der Waals surface area contributed by atoms with Crippen molar-refractivity contribution >= 4 is 11.4 Å². The monoisotopic (exact) mass is 286 g/mol. The molecule has 2 rings (SSSR count). The van der Waals surface area contributed by atoms with Gasteiger partial charge >= 0.3 is 0 Å². The predicted octanol–water partition coefficient (Wildman–Crippen LogP) is 3.91. The van der Waals surface area contributed by atoms with Crippen LogP contribution in [-0.4, -0.2) is 11.5 Å². The Morgan fingerprint density at radius 2 is 2.00 bits per heavy atom. The summed E-state index contributed by atoms with van der Waals surface area (Å²) in [4.78, 5) is 10.7. The maximum absolute atomic E-state index is 11.1. The lowest BCUT2D eigenvalue weighted by Crippen LogP contribution is -2.03. The van der Waals surface area contributed by atoms with Gasteiger partial charge in [0, 0.05) is 12.6 Å². The van der Waals surface area contributed by atoms with Crippen LogP contribution < -0.4 is 10.1 Å². The first-order valence-electron chi connectivity index (χ1n) is 6.81. The Kier molecular flexibility index (Phi) is 4.77. The number of hydrogen-bond donors (Lipinski definition) is 1. The zero-order valence-corrected chi connectivity index (χ0v) is 12.1. The van der Waals surface area contributed by atoms with Crippen molar-refractivity contribution in [3.63, 3.8) is 0 Å². The van der Waals surface area contributed by atoms with Crippen LogP contribution in [0.2, 0.25) is 0 Å². The Bertz CT molecular complexity index is 641. The van der Waals surface area contributed by atoms with Gasteiger partial charge in [0.05, 0.1) is 4.92 Å². The van der Waals surface area contributed by atoms with Crippen LogP contribution in [0.5, 0.6) is 5.75 Å². The van der Waals surface area contributed by atoms with E-state index >= 15 is 0 Å². The lowest BCUT2D eigenvalue weighted by Gasteiger charge is -2.10. The topological polar surface area (TPSA) is 64.4 Å². The van der Waals surface area contributed by atoms with Gasteiger partial charge in [-0.25, -0.2) is 0 Å². The number of nitro groups is 1. The number of para-hydroxylation sites is 1. The number of benzene rings is 2. The van der Waals surface area contributed by atoms with Crippen molar-refractivity contribution in [3.05, 3.63) is 63.7 Å². The first-order valence-corrected chi connectivity index (χ1v) is 6.81. The number of anilines is 1. The van der Waals surface area contributed by atoms with E-state index in [-0.39, 0.29) is 10.6 Å². The summed E-state index contributed by atoms with van der Waals surface area (Å²) in [6.45, 7) is 4.81. The van der Waals surface area contributed by atoms with E-state index in [0.29, 0.717) is 18.8 Å². The van der Waals surface area contributed by atoms with Crippen molar-refractivity contribution in [2.45, 2.75) is 20.5 Å². The number of aryl methyl sites for hydroxylation is 1. The maximum Gasteiger partial charge on any atom is 0.292 e. The van der Waals surface area contributed by atoms with Crippen molar-refractivity contribution in [2.24, 2.45) is 0 Å². The van der Waals surface area contributed by atoms with Crippen LogP contribution in [0.4, 0.5) is 11.4 Å². The van der Waals surface area contributed by atoms with Crippen LogP contribution in [0, 0.1) is 17.0 Å². The van der Waals surface area contributed by atoms with Crippen LogP contribution in [0.15, 0.2) is 42.5 Å². The van der Waals surface area contributed by atoms with Gasteiger partial charge < -0.3 is 10.1 Å². The zero-order chi connectivity index (χ0) is 15.2. The molecule has 0 saturated heterocycles. The van der Waals surface area contributed by atoms with Gasteiger partial charge in [0.15, 0.2) is 0 Å². The molecule has 5 nitrogen and oxygen atoms in total. The molecule has 0 fully saturated rings. The molecule has 5 heteroatoms. The first kappa shape index (κ1) is 14.8. The fraction of sp³-hybridized carbons (Fsp3) is 0.250. The Morgan fingerprint density at radius 1 is 1.24 bits per heavy atom. The highest BCUT2D eigenvalue weighted by Gasteiger charge is 2.14. The van der Waals surface area contributed by atoms with Gasteiger partial charge in [-0.2, -0.15) is 0 Å². The molecule has 0 radical (unpaired) electrons. The lowest BCUT2D eigenvalue weighted by molar-refractivity contribution is -0.384. The van der Waals surface area contributed by atoms with Crippen LogP contribution in [0.3, 0.4) is 0 Å². The highest BCUT2D eigenvalue weighted by molar-refractivity contribution is 5.62. The summed E-state index contributed by atoms with van der Waals surface area (Å²) < 4.78 is 5.71. The fourth-order valence-corrected chi connectivity index (χ4v) is 2.04. The summed E-state index contributed by atoms with van der Waals surface area (Å²) >= 11 is 0. The van der Waals surface area contributed by atoms with Crippen molar-refractivity contribution in [3.8, 4) is 5.75 Å². The molecular formula is C16H18N2O3. The summed E-state index contributed by atoms with van der Waals surface area (Å²) in [5.41, 5.74) is 2.41. The molecule has 0 atom stereocenters. The molecule has 110 valence electrons. The molecule has 2 aromatic carbocycles. The van der Waals surface area contributed by atoms with Crippen LogP contribution in [-0.2, 0) is 6.61 Å². The Labute approximate surface area is 123 Å². The van der Waals surface area contributed by atoms with E-state index < -0.39 is 0 Å². The van der Waals surface area contributed by atoms with E-state index in [2.05, 4.69) is 5.32 Å². The zero-order valence-electron chi connectivity index (χ0n) is 12.1. The second kappa shape index (κ2) is 6.74. The molecule has 0 saturated carbocycles. The average Bonchev–Trinajstić information content (AvgIpc) is 2.47. The van der Waals surface area contributed by atoms with Gasteiger partial charge in [-0.15, -0.1) is 0 Å². The van der Waals surface area contributed by atoms with Gasteiger partial charge in [0.25, 0.3) is 5.69 Å². The largest absolute Gasteiger partial charge is 0.489 e. The van der Waals surface area contributed by atoms with Crippen LogP contribution in [0.1, 0.15) is 18.1 Å². The van der Waals surface area contributed by atoms with Gasteiger partial charge in [-0.05, 0) is 37.1 Å². The molecule has 0 aliphatic carbocycles. The van der Waals surface area contributed by atoms with E-state index in [1.807, 2.05) is 44.2 Å². The Hall–Kier alpha value is -2.56. The number of nitrogens with zero attached hydrogens (tertiary/aromatic N) is 1. The SMILES string of the molecule is CCNc1ccc(COc2ccccc2C)cc1[N+](=O)[O-]. The lowest BCUT2D eigenvalue weighted by atomic mass is 10.1.